The summed E-state index contributed by atoms with van der Waals surface area (Å²) in [6.07, 6.45) is -1.01. The fourth-order valence-electron chi connectivity index (χ4n) is 4.14. The minimum Gasteiger partial charge on any atom is -0.493 e. The highest BCUT2D eigenvalue weighted by molar-refractivity contribution is 7.48. The predicted octanol–water partition coefficient (Wildman–Crippen LogP) is 8.81. The Labute approximate surface area is 250 Å². The minimum absolute atomic E-state index is 0.00962. The maximum Gasteiger partial charge on any atom is 0.475 e. The van der Waals surface area contributed by atoms with Crippen LogP contribution in [0.4, 0.5) is 17.6 Å². The molecular formula is C31H40F4NO6P. The normalized spacial score (nSPS) is 18.2. The standard InChI is InChI=1S/C31H40F4NO6P/c1-22-36-30(20-39-22,21-40-43(37,41-28(2,3)4)42-29(5,6)7)17-16-23-14-15-27(25(19-23)31(33,34)35)38-18-10-12-24-11-8-9-13-26(24)32/h8-9,11,13-17,19H,10,12,18,20-21H2,1-7H3. The first-order valence-corrected chi connectivity index (χ1v) is 15.4. The lowest BCUT2D eigenvalue weighted by molar-refractivity contribution is -0.139. The van der Waals surface area contributed by atoms with Crippen LogP contribution in [0.1, 0.15) is 71.6 Å². The Hall–Kier alpha value is -2.72. The minimum atomic E-state index is -4.68. The fraction of sp³-hybridized carbons (Fsp3) is 0.516. The van der Waals surface area contributed by atoms with Crippen molar-refractivity contribution in [3.8, 4) is 5.75 Å². The number of halogens is 4. The lowest BCUT2D eigenvalue weighted by atomic mass is 10.0. The molecule has 0 saturated heterocycles. The van der Waals surface area contributed by atoms with E-state index in [-0.39, 0.29) is 37.0 Å². The van der Waals surface area contributed by atoms with Crippen LogP contribution < -0.4 is 4.74 Å². The molecular weight excluding hydrogens is 589 g/mol. The molecule has 1 heterocycles. The molecule has 43 heavy (non-hydrogen) atoms. The summed E-state index contributed by atoms with van der Waals surface area (Å²) in [7, 11) is -4.09. The Bertz CT molecular complexity index is 1340. The van der Waals surface area contributed by atoms with Crippen molar-refractivity contribution in [1.29, 1.82) is 0 Å². The first kappa shape index (κ1) is 34.8. The van der Waals surface area contributed by atoms with Crippen LogP contribution in [0, 0.1) is 5.82 Å². The Morgan fingerprint density at radius 2 is 1.67 bits per heavy atom. The van der Waals surface area contributed by atoms with E-state index in [0.717, 1.165) is 6.07 Å². The van der Waals surface area contributed by atoms with Gasteiger partial charge in [0.25, 0.3) is 0 Å². The molecule has 2 aromatic carbocycles. The summed E-state index contributed by atoms with van der Waals surface area (Å²) < 4.78 is 97.4. The summed E-state index contributed by atoms with van der Waals surface area (Å²) in [6.45, 7) is 11.6. The van der Waals surface area contributed by atoms with E-state index < -0.39 is 36.3 Å². The van der Waals surface area contributed by atoms with Gasteiger partial charge in [-0.25, -0.2) is 13.9 Å². The van der Waals surface area contributed by atoms with E-state index in [1.165, 1.54) is 24.3 Å². The molecule has 238 valence electrons. The van der Waals surface area contributed by atoms with Gasteiger partial charge in [0.05, 0.1) is 30.0 Å². The molecule has 1 aliphatic rings. The number of benzene rings is 2. The van der Waals surface area contributed by atoms with E-state index in [2.05, 4.69) is 4.99 Å². The van der Waals surface area contributed by atoms with Crippen molar-refractivity contribution in [2.75, 3.05) is 19.8 Å². The number of aliphatic imine (C=N–C) groups is 1. The first-order chi connectivity index (χ1) is 19.8. The largest absolute Gasteiger partial charge is 0.493 e. The van der Waals surface area contributed by atoms with Gasteiger partial charge in [-0.3, -0.25) is 13.6 Å². The third-order valence-electron chi connectivity index (χ3n) is 5.86. The lowest BCUT2D eigenvalue weighted by Crippen LogP contribution is -2.33. The number of rotatable bonds is 12. The molecule has 0 amide bonds. The number of phosphoric acid groups is 1. The van der Waals surface area contributed by atoms with Crippen LogP contribution in [-0.2, 0) is 35.5 Å². The van der Waals surface area contributed by atoms with Crippen molar-refractivity contribution < 1.29 is 45.2 Å². The first-order valence-electron chi connectivity index (χ1n) is 13.9. The van der Waals surface area contributed by atoms with Crippen molar-refractivity contribution >= 4 is 19.8 Å². The van der Waals surface area contributed by atoms with Crippen LogP contribution in [0.2, 0.25) is 0 Å². The monoisotopic (exact) mass is 629 g/mol. The third-order valence-corrected chi connectivity index (χ3v) is 7.84. The summed E-state index contributed by atoms with van der Waals surface area (Å²) in [5, 5.41) is 0. The highest BCUT2D eigenvalue weighted by atomic mass is 31.2. The average Bonchev–Trinajstić information content (AvgIpc) is 3.24. The van der Waals surface area contributed by atoms with Gasteiger partial charge in [-0.05, 0) is 83.7 Å². The summed E-state index contributed by atoms with van der Waals surface area (Å²) in [5.74, 6) is -0.350. The van der Waals surface area contributed by atoms with Crippen LogP contribution in [-0.4, -0.2) is 42.5 Å². The van der Waals surface area contributed by atoms with Crippen molar-refractivity contribution in [1.82, 2.24) is 0 Å². The number of alkyl halides is 3. The molecule has 0 aromatic heterocycles. The van der Waals surface area contributed by atoms with E-state index in [0.29, 0.717) is 24.3 Å². The maximum atomic E-state index is 14.0. The predicted molar refractivity (Wildman–Crippen MR) is 158 cm³/mol. The molecule has 1 atom stereocenters. The maximum absolute atomic E-state index is 14.0. The molecule has 0 bridgehead atoms. The van der Waals surface area contributed by atoms with Gasteiger partial charge in [0.1, 0.15) is 23.7 Å². The highest BCUT2D eigenvalue weighted by Gasteiger charge is 2.42. The van der Waals surface area contributed by atoms with Gasteiger partial charge in [-0.2, -0.15) is 13.2 Å². The van der Waals surface area contributed by atoms with Crippen molar-refractivity contribution in [3.05, 3.63) is 71.0 Å². The molecule has 7 nitrogen and oxygen atoms in total. The third kappa shape index (κ3) is 11.1. The lowest BCUT2D eigenvalue weighted by Gasteiger charge is -2.32. The van der Waals surface area contributed by atoms with E-state index in [4.69, 9.17) is 23.0 Å². The molecule has 0 fully saturated rings. The van der Waals surface area contributed by atoms with Crippen LogP contribution >= 0.6 is 7.82 Å². The van der Waals surface area contributed by atoms with E-state index in [1.54, 1.807) is 72.7 Å². The fourth-order valence-corrected chi connectivity index (χ4v) is 6.01. The highest BCUT2D eigenvalue weighted by Crippen LogP contribution is 2.56. The Balaban J connectivity index is 1.78. The molecule has 12 heteroatoms. The molecule has 1 aliphatic heterocycles. The molecule has 1 unspecified atom stereocenters. The van der Waals surface area contributed by atoms with Crippen LogP contribution in [0.3, 0.4) is 0 Å². The molecule has 0 spiro atoms. The SMILES string of the molecule is CC1=NC(C=Cc2ccc(OCCCc3ccccc3F)c(C(F)(F)F)c2)(COP(=O)(OC(C)(C)C)OC(C)(C)C)CO1. The molecule has 0 aliphatic carbocycles. The van der Waals surface area contributed by atoms with Crippen LogP contribution in [0.25, 0.3) is 6.08 Å². The molecule has 0 radical (unpaired) electrons. The van der Waals surface area contributed by atoms with Gasteiger partial charge >= 0.3 is 14.0 Å². The van der Waals surface area contributed by atoms with Crippen molar-refractivity contribution in [2.45, 2.75) is 84.2 Å². The second kappa shape index (κ2) is 13.5. The topological polar surface area (TPSA) is 75.6 Å². The number of nitrogens with zero attached hydrogens (tertiary/aromatic N) is 1. The van der Waals surface area contributed by atoms with Gasteiger partial charge in [-0.1, -0.05) is 36.4 Å². The smallest absolute Gasteiger partial charge is 0.475 e. The summed E-state index contributed by atoms with van der Waals surface area (Å²) in [5.41, 5.74) is -3.15. The van der Waals surface area contributed by atoms with Crippen molar-refractivity contribution in [2.24, 2.45) is 4.99 Å². The van der Waals surface area contributed by atoms with Gasteiger partial charge in [0.15, 0.2) is 5.90 Å². The zero-order valence-corrected chi connectivity index (χ0v) is 26.5. The number of aryl methyl sites for hydroxylation is 1. The zero-order valence-electron chi connectivity index (χ0n) is 25.6. The number of ether oxygens (including phenoxy) is 2. The second-order valence-electron chi connectivity index (χ2n) is 12.3. The van der Waals surface area contributed by atoms with Gasteiger partial charge in [0, 0.05) is 6.92 Å². The molecule has 0 N–H and O–H groups in total. The number of hydrogen-bond acceptors (Lipinski definition) is 7. The number of phosphoric ester groups is 1. The van der Waals surface area contributed by atoms with E-state index in [1.807, 2.05) is 0 Å². The molecule has 0 saturated carbocycles. The quantitative estimate of drug-likeness (QED) is 0.133. The molecule has 2 aromatic rings. The van der Waals surface area contributed by atoms with Gasteiger partial charge < -0.3 is 9.47 Å². The molecule has 3 rings (SSSR count). The Kier molecular flexibility index (Phi) is 10.9. The van der Waals surface area contributed by atoms with Crippen molar-refractivity contribution in [3.63, 3.8) is 0 Å². The van der Waals surface area contributed by atoms with Gasteiger partial charge in [-0.15, -0.1) is 0 Å². The zero-order chi connectivity index (χ0) is 32.1. The summed E-state index contributed by atoms with van der Waals surface area (Å²) in [4.78, 5) is 4.48. The number of hydrogen-bond donors (Lipinski definition) is 0. The second-order valence-corrected chi connectivity index (χ2v) is 13.8. The summed E-state index contributed by atoms with van der Waals surface area (Å²) >= 11 is 0. The van der Waals surface area contributed by atoms with E-state index in [9.17, 15) is 22.1 Å². The van der Waals surface area contributed by atoms with Crippen LogP contribution in [0.5, 0.6) is 5.75 Å². The van der Waals surface area contributed by atoms with Gasteiger partial charge in [0.2, 0.25) is 0 Å². The average molecular weight is 630 g/mol. The van der Waals surface area contributed by atoms with E-state index >= 15 is 0 Å². The summed E-state index contributed by atoms with van der Waals surface area (Å²) in [6, 6.07) is 9.94. The Morgan fingerprint density at radius 1 is 1.02 bits per heavy atom. The van der Waals surface area contributed by atoms with Crippen LogP contribution in [0.15, 0.2) is 53.5 Å². The Morgan fingerprint density at radius 3 is 2.23 bits per heavy atom.